The van der Waals surface area contributed by atoms with Gasteiger partial charge in [-0.05, 0) is 61.0 Å². The first-order valence-corrected chi connectivity index (χ1v) is 12.0. The summed E-state index contributed by atoms with van der Waals surface area (Å²) in [4.78, 5) is 29.7. The molecule has 0 fully saturated rings. The minimum absolute atomic E-state index is 0.0269. The maximum Gasteiger partial charge on any atom is 0.416 e. The van der Waals surface area contributed by atoms with E-state index in [1.165, 1.54) is 0 Å². The molecule has 3 aromatic carbocycles. The quantitative estimate of drug-likeness (QED) is 0.267. The number of aromatic nitrogens is 1. The highest BCUT2D eigenvalue weighted by molar-refractivity contribution is 5.78. The van der Waals surface area contributed by atoms with Gasteiger partial charge in [0.2, 0.25) is 0 Å². The Kier molecular flexibility index (Phi) is 8.61. The molecular formula is C29H28N2O7. The fourth-order valence-electron chi connectivity index (χ4n) is 3.74. The van der Waals surface area contributed by atoms with Gasteiger partial charge < -0.3 is 23.7 Å². The molecule has 38 heavy (non-hydrogen) atoms. The van der Waals surface area contributed by atoms with Crippen molar-refractivity contribution >= 4 is 12.1 Å². The Bertz CT molecular complexity index is 1370. The van der Waals surface area contributed by atoms with E-state index < -0.39 is 18.6 Å². The largest absolute Gasteiger partial charge is 0.493 e. The predicted octanol–water partition coefficient (Wildman–Crippen LogP) is 5.79. The molecule has 0 atom stereocenters. The van der Waals surface area contributed by atoms with E-state index in [-0.39, 0.29) is 12.3 Å². The van der Waals surface area contributed by atoms with E-state index in [2.05, 4.69) is 4.98 Å². The Morgan fingerprint density at radius 3 is 2.26 bits per heavy atom. The predicted molar refractivity (Wildman–Crippen MR) is 139 cm³/mol. The van der Waals surface area contributed by atoms with E-state index in [9.17, 15) is 14.7 Å². The maximum atomic E-state index is 12.8. The third-order valence-electron chi connectivity index (χ3n) is 5.47. The second-order valence-electron chi connectivity index (χ2n) is 8.49. The highest BCUT2D eigenvalue weighted by Gasteiger charge is 2.20. The summed E-state index contributed by atoms with van der Waals surface area (Å²) in [6, 6.07) is 22.9. The topological polar surface area (TPSA) is 111 Å². The number of oxazole rings is 1. The van der Waals surface area contributed by atoms with Gasteiger partial charge in [-0.2, -0.15) is 0 Å². The number of amides is 1. The molecule has 1 aromatic heterocycles. The normalized spacial score (nSPS) is 10.6. The van der Waals surface area contributed by atoms with Crippen LogP contribution in [0.3, 0.4) is 0 Å². The smallest absolute Gasteiger partial charge is 0.416 e. The Morgan fingerprint density at radius 2 is 1.58 bits per heavy atom. The van der Waals surface area contributed by atoms with Gasteiger partial charge in [-0.3, -0.25) is 9.69 Å². The average Bonchev–Trinajstić information content (AvgIpc) is 3.22. The summed E-state index contributed by atoms with van der Waals surface area (Å²) in [5, 5.41) is 9.35. The molecule has 4 rings (SSSR count). The van der Waals surface area contributed by atoms with Gasteiger partial charge in [-0.15, -0.1) is 0 Å². The zero-order valence-electron chi connectivity index (χ0n) is 21.1. The van der Waals surface area contributed by atoms with Crippen LogP contribution in [0.15, 0.2) is 83.3 Å². The molecule has 0 aliphatic rings. The number of aryl methyl sites for hydroxylation is 2. The van der Waals surface area contributed by atoms with Crippen LogP contribution in [0.25, 0.3) is 0 Å². The Hall–Kier alpha value is -4.79. The van der Waals surface area contributed by atoms with E-state index >= 15 is 0 Å². The standard InChI is InChI=1S/C29H28N2O7/c1-20-27(30-21(2)36-20)15-16-35-26-10-6-7-22(17-26)18-31(19-28(32)33)29(34)38-25-13-11-24(12-14-25)37-23-8-4-3-5-9-23/h3-14,17H,15-16,18-19H2,1-2H3,(H,32,33). The minimum Gasteiger partial charge on any atom is -0.493 e. The molecule has 1 heterocycles. The number of nitrogens with zero attached hydrogens (tertiary/aromatic N) is 2. The number of carbonyl (C=O) groups is 2. The summed E-state index contributed by atoms with van der Waals surface area (Å²) < 4.78 is 22.5. The number of para-hydroxylation sites is 1. The molecule has 0 radical (unpaired) electrons. The van der Waals surface area contributed by atoms with E-state index in [1.807, 2.05) is 37.3 Å². The summed E-state index contributed by atoms with van der Waals surface area (Å²) in [5.41, 5.74) is 1.54. The molecule has 0 aliphatic heterocycles. The molecule has 0 bridgehead atoms. The third-order valence-corrected chi connectivity index (χ3v) is 5.47. The number of hydrogen-bond acceptors (Lipinski definition) is 7. The van der Waals surface area contributed by atoms with Crippen molar-refractivity contribution in [1.29, 1.82) is 0 Å². The van der Waals surface area contributed by atoms with Crippen molar-refractivity contribution in [1.82, 2.24) is 9.88 Å². The van der Waals surface area contributed by atoms with Gasteiger partial charge in [0, 0.05) is 19.9 Å². The lowest BCUT2D eigenvalue weighted by molar-refractivity contribution is -0.138. The zero-order chi connectivity index (χ0) is 26.9. The first-order chi connectivity index (χ1) is 18.4. The first-order valence-electron chi connectivity index (χ1n) is 12.0. The number of ether oxygens (including phenoxy) is 3. The van der Waals surface area contributed by atoms with E-state index in [0.717, 1.165) is 16.4 Å². The van der Waals surface area contributed by atoms with Gasteiger partial charge in [0.05, 0.1) is 12.3 Å². The number of rotatable bonds is 11. The molecule has 0 unspecified atom stereocenters. The number of carboxylic acids is 1. The molecule has 196 valence electrons. The average molecular weight is 517 g/mol. The molecule has 1 amide bonds. The summed E-state index contributed by atoms with van der Waals surface area (Å²) in [5.74, 6) is 2.34. The van der Waals surface area contributed by atoms with Gasteiger partial charge >= 0.3 is 12.1 Å². The lowest BCUT2D eigenvalue weighted by Crippen LogP contribution is -2.37. The van der Waals surface area contributed by atoms with Crippen LogP contribution in [-0.4, -0.2) is 40.2 Å². The van der Waals surface area contributed by atoms with Gasteiger partial charge in [0.25, 0.3) is 0 Å². The van der Waals surface area contributed by atoms with Crippen LogP contribution in [0.1, 0.15) is 22.9 Å². The second kappa shape index (κ2) is 12.4. The number of carboxylic acid groups (broad SMARTS) is 1. The van der Waals surface area contributed by atoms with Crippen LogP contribution in [-0.2, 0) is 17.8 Å². The van der Waals surface area contributed by atoms with Crippen LogP contribution >= 0.6 is 0 Å². The molecule has 0 spiro atoms. The molecule has 0 saturated heterocycles. The molecule has 9 nitrogen and oxygen atoms in total. The Morgan fingerprint density at radius 1 is 0.895 bits per heavy atom. The highest BCUT2D eigenvalue weighted by Crippen LogP contribution is 2.24. The minimum atomic E-state index is -1.15. The Balaban J connectivity index is 1.35. The lowest BCUT2D eigenvalue weighted by Gasteiger charge is -2.20. The van der Waals surface area contributed by atoms with Crippen molar-refractivity contribution in [3.63, 3.8) is 0 Å². The summed E-state index contributed by atoms with van der Waals surface area (Å²) >= 11 is 0. The third kappa shape index (κ3) is 7.60. The van der Waals surface area contributed by atoms with Crippen molar-refractivity contribution in [2.24, 2.45) is 0 Å². The number of carbonyl (C=O) groups excluding carboxylic acids is 1. The molecule has 4 aromatic rings. The van der Waals surface area contributed by atoms with Crippen LogP contribution in [0.5, 0.6) is 23.0 Å². The lowest BCUT2D eigenvalue weighted by atomic mass is 10.2. The van der Waals surface area contributed by atoms with Gasteiger partial charge in [0.15, 0.2) is 5.89 Å². The molecule has 0 saturated carbocycles. The fraction of sp³-hybridized carbons (Fsp3) is 0.207. The first kappa shape index (κ1) is 26.3. The van der Waals surface area contributed by atoms with E-state index in [4.69, 9.17) is 18.6 Å². The molecule has 0 aliphatic carbocycles. The van der Waals surface area contributed by atoms with Crippen LogP contribution in [0.4, 0.5) is 4.79 Å². The summed E-state index contributed by atoms with van der Waals surface area (Å²) in [7, 11) is 0. The van der Waals surface area contributed by atoms with Crippen molar-refractivity contribution in [3.8, 4) is 23.0 Å². The summed E-state index contributed by atoms with van der Waals surface area (Å²) in [6.45, 7) is 3.55. The van der Waals surface area contributed by atoms with Crippen LogP contribution in [0, 0.1) is 13.8 Å². The molecule has 1 N–H and O–H groups in total. The SMILES string of the molecule is Cc1nc(CCOc2cccc(CN(CC(=O)O)C(=O)Oc3ccc(Oc4ccccc4)cc3)c2)c(C)o1. The highest BCUT2D eigenvalue weighted by atomic mass is 16.6. The van der Waals surface area contributed by atoms with Gasteiger partial charge in [-0.1, -0.05) is 30.3 Å². The van der Waals surface area contributed by atoms with Crippen molar-refractivity contribution < 1.29 is 33.3 Å². The van der Waals surface area contributed by atoms with Gasteiger partial charge in [0.1, 0.15) is 35.3 Å². The van der Waals surface area contributed by atoms with Crippen LogP contribution < -0.4 is 14.2 Å². The molecular weight excluding hydrogens is 488 g/mol. The van der Waals surface area contributed by atoms with E-state index in [0.29, 0.717) is 41.7 Å². The van der Waals surface area contributed by atoms with Crippen molar-refractivity contribution in [2.45, 2.75) is 26.8 Å². The van der Waals surface area contributed by atoms with E-state index in [1.54, 1.807) is 55.5 Å². The fourth-order valence-corrected chi connectivity index (χ4v) is 3.74. The zero-order valence-corrected chi connectivity index (χ0v) is 21.1. The molecule has 9 heteroatoms. The second-order valence-corrected chi connectivity index (χ2v) is 8.49. The maximum absolute atomic E-state index is 12.8. The Labute approximate surface area is 220 Å². The number of benzene rings is 3. The van der Waals surface area contributed by atoms with Crippen molar-refractivity contribution in [3.05, 3.63) is 102 Å². The summed E-state index contributed by atoms with van der Waals surface area (Å²) in [6.07, 6.45) is -0.202. The monoisotopic (exact) mass is 516 g/mol. The van der Waals surface area contributed by atoms with Crippen molar-refractivity contribution in [2.75, 3.05) is 13.2 Å². The number of aliphatic carboxylic acids is 1. The van der Waals surface area contributed by atoms with Crippen LogP contribution in [0.2, 0.25) is 0 Å². The number of hydrogen-bond donors (Lipinski definition) is 1. The van der Waals surface area contributed by atoms with Gasteiger partial charge in [-0.25, -0.2) is 9.78 Å².